The zero-order chi connectivity index (χ0) is 22.4. The van der Waals surface area contributed by atoms with Gasteiger partial charge in [0.05, 0.1) is 17.0 Å². The fourth-order valence-electron chi connectivity index (χ4n) is 7.11. The van der Waals surface area contributed by atoms with Gasteiger partial charge in [-0.3, -0.25) is 4.90 Å². The Morgan fingerprint density at radius 2 is 2.03 bits per heavy atom. The van der Waals surface area contributed by atoms with Gasteiger partial charge in [0.2, 0.25) is 0 Å². The lowest BCUT2D eigenvalue weighted by atomic mass is 9.49. The van der Waals surface area contributed by atoms with Crippen LogP contribution in [0.15, 0.2) is 42.6 Å². The molecule has 2 aromatic heterocycles. The van der Waals surface area contributed by atoms with Gasteiger partial charge in [-0.25, -0.2) is 9.67 Å². The highest BCUT2D eigenvalue weighted by molar-refractivity contribution is 5.53. The van der Waals surface area contributed by atoms with Crippen LogP contribution in [0.1, 0.15) is 47.3 Å². The van der Waals surface area contributed by atoms with Gasteiger partial charge in [-0.2, -0.15) is 5.10 Å². The number of phenolic OH excluding ortho intramolecular Hbond substituents is 1. The van der Waals surface area contributed by atoms with E-state index in [9.17, 15) is 10.2 Å². The van der Waals surface area contributed by atoms with E-state index in [1.54, 1.807) is 12.3 Å². The van der Waals surface area contributed by atoms with E-state index in [4.69, 9.17) is 5.10 Å². The lowest BCUT2D eigenvalue weighted by molar-refractivity contribution is -0.152. The minimum absolute atomic E-state index is 0.0923. The zero-order valence-corrected chi connectivity index (χ0v) is 19.0. The number of aromatic hydroxyl groups is 1. The Morgan fingerprint density at radius 3 is 2.82 bits per heavy atom. The zero-order valence-electron chi connectivity index (χ0n) is 19.0. The Labute approximate surface area is 193 Å². The second-order valence-electron chi connectivity index (χ2n) is 10.7. The molecule has 2 N–H and O–H groups in total. The average Bonchev–Trinajstić information content (AvgIpc) is 3.58. The third-order valence-corrected chi connectivity index (χ3v) is 8.93. The minimum Gasteiger partial charge on any atom is -0.508 e. The summed E-state index contributed by atoms with van der Waals surface area (Å²) in [7, 11) is 0. The van der Waals surface area contributed by atoms with E-state index in [1.807, 2.05) is 28.9 Å². The average molecular weight is 443 g/mol. The van der Waals surface area contributed by atoms with Gasteiger partial charge in [0.25, 0.3) is 0 Å². The molecule has 1 saturated heterocycles. The predicted molar refractivity (Wildman–Crippen MR) is 125 cm³/mol. The van der Waals surface area contributed by atoms with E-state index < -0.39 is 11.0 Å². The molecule has 1 aliphatic heterocycles. The van der Waals surface area contributed by atoms with Gasteiger partial charge in [-0.05, 0) is 86.0 Å². The second kappa shape index (κ2) is 6.67. The number of aryl methyl sites for hydroxylation is 1. The first-order chi connectivity index (χ1) is 16.0. The van der Waals surface area contributed by atoms with Crippen LogP contribution in [-0.2, 0) is 24.7 Å². The maximum Gasteiger partial charge on any atom is 0.153 e. The van der Waals surface area contributed by atoms with Crippen LogP contribution in [0.3, 0.4) is 0 Å². The van der Waals surface area contributed by atoms with E-state index in [2.05, 4.69) is 22.9 Å². The molecule has 3 aromatic rings. The van der Waals surface area contributed by atoms with E-state index in [0.717, 1.165) is 54.6 Å². The first-order valence-corrected chi connectivity index (χ1v) is 12.3. The molecule has 6 nitrogen and oxygen atoms in total. The van der Waals surface area contributed by atoms with Crippen LogP contribution in [0, 0.1) is 12.8 Å². The van der Waals surface area contributed by atoms with Crippen molar-refractivity contribution in [2.45, 2.75) is 62.5 Å². The maximum atomic E-state index is 12.7. The van der Waals surface area contributed by atoms with Crippen LogP contribution < -0.4 is 0 Å². The number of aliphatic hydroxyl groups is 1. The van der Waals surface area contributed by atoms with E-state index in [-0.39, 0.29) is 11.8 Å². The molecule has 0 spiro atoms. The van der Waals surface area contributed by atoms with Gasteiger partial charge in [-0.15, -0.1) is 0 Å². The van der Waals surface area contributed by atoms with Gasteiger partial charge in [0.15, 0.2) is 5.82 Å². The van der Waals surface area contributed by atoms with E-state index in [0.29, 0.717) is 12.8 Å². The number of phenols is 1. The van der Waals surface area contributed by atoms with Crippen LogP contribution in [-0.4, -0.2) is 54.6 Å². The molecule has 3 heterocycles. The van der Waals surface area contributed by atoms with Crippen LogP contribution in [0.4, 0.5) is 0 Å². The molecular formula is C27H30N4O2. The summed E-state index contributed by atoms with van der Waals surface area (Å²) in [5, 5.41) is 28.0. The number of pyridine rings is 1. The predicted octanol–water partition coefficient (Wildman–Crippen LogP) is 3.09. The summed E-state index contributed by atoms with van der Waals surface area (Å²) in [4.78, 5) is 7.15. The van der Waals surface area contributed by atoms with Crippen molar-refractivity contribution in [3.05, 3.63) is 70.7 Å². The maximum absolute atomic E-state index is 12.7. The minimum atomic E-state index is -0.878. The molecule has 7 rings (SSSR count). The number of piperidine rings is 1. The summed E-state index contributed by atoms with van der Waals surface area (Å²) < 4.78 is 1.99. The molecule has 1 saturated carbocycles. The summed E-state index contributed by atoms with van der Waals surface area (Å²) in [5.41, 5.74) is 4.39. The molecule has 33 heavy (non-hydrogen) atoms. The van der Waals surface area contributed by atoms with Crippen molar-refractivity contribution in [2.24, 2.45) is 5.92 Å². The fraction of sp³-hybridized carbons (Fsp3) is 0.481. The van der Waals surface area contributed by atoms with Crippen molar-refractivity contribution in [3.63, 3.8) is 0 Å². The highest BCUT2D eigenvalue weighted by Gasteiger charge is 2.65. The normalized spacial score (nSPS) is 30.4. The Morgan fingerprint density at radius 1 is 1.15 bits per heavy atom. The standard InChI is InChI=1S/C27H30N4O2/c1-17-21-14-27(33)24-12-19-7-8-20(32)13-22(19)26(27,9-11-30(24)16-18-5-6-18)15-23(21)31(29-17)25-4-2-3-10-28-25/h2-4,7-8,10,13,18,24,32-33H,5-6,9,11-12,14-16H2,1H3/t24?,26-,27-/m0/s1. The fourth-order valence-corrected chi connectivity index (χ4v) is 7.11. The molecule has 1 unspecified atom stereocenters. The third kappa shape index (κ3) is 2.68. The first kappa shape index (κ1) is 19.7. The molecule has 3 atom stereocenters. The van der Waals surface area contributed by atoms with Gasteiger partial charge in [0, 0.05) is 37.0 Å². The molecule has 4 aliphatic rings. The van der Waals surface area contributed by atoms with E-state index in [1.165, 1.54) is 24.0 Å². The van der Waals surface area contributed by atoms with Crippen molar-refractivity contribution in [3.8, 4) is 11.6 Å². The SMILES string of the molecule is Cc1nn(-c2ccccn2)c2c1C[C@]1(O)C3Cc4ccc(O)cc4[C@]1(CCN3CC1CC1)C2. The number of aromatic nitrogens is 3. The number of hydrogen-bond donors (Lipinski definition) is 2. The lowest BCUT2D eigenvalue weighted by Gasteiger charge is -2.63. The van der Waals surface area contributed by atoms with E-state index >= 15 is 0 Å². The quantitative estimate of drug-likeness (QED) is 0.652. The largest absolute Gasteiger partial charge is 0.508 e. The Bertz CT molecular complexity index is 1250. The van der Waals surface area contributed by atoms with Crippen molar-refractivity contribution in [1.82, 2.24) is 19.7 Å². The number of likely N-dealkylation sites (tertiary alicyclic amines) is 1. The van der Waals surface area contributed by atoms with Crippen LogP contribution in [0.5, 0.6) is 5.75 Å². The molecule has 170 valence electrons. The summed E-state index contributed by atoms with van der Waals surface area (Å²) in [5.74, 6) is 1.89. The number of benzene rings is 1. The summed E-state index contributed by atoms with van der Waals surface area (Å²) in [6.45, 7) is 4.14. The molecule has 3 aliphatic carbocycles. The van der Waals surface area contributed by atoms with Gasteiger partial charge >= 0.3 is 0 Å². The topological polar surface area (TPSA) is 74.4 Å². The third-order valence-electron chi connectivity index (χ3n) is 8.93. The van der Waals surface area contributed by atoms with Crippen molar-refractivity contribution < 1.29 is 10.2 Å². The number of nitrogens with zero attached hydrogens (tertiary/aromatic N) is 4. The summed E-state index contributed by atoms with van der Waals surface area (Å²) >= 11 is 0. The molecule has 0 radical (unpaired) electrons. The Hall–Kier alpha value is -2.70. The first-order valence-electron chi connectivity index (χ1n) is 12.3. The monoisotopic (exact) mass is 442 g/mol. The van der Waals surface area contributed by atoms with Crippen LogP contribution >= 0.6 is 0 Å². The Balaban J connectivity index is 1.43. The molecule has 0 amide bonds. The molecule has 2 fully saturated rings. The highest BCUT2D eigenvalue weighted by atomic mass is 16.3. The van der Waals surface area contributed by atoms with Crippen molar-refractivity contribution in [2.75, 3.05) is 13.1 Å². The smallest absolute Gasteiger partial charge is 0.153 e. The van der Waals surface area contributed by atoms with Crippen molar-refractivity contribution in [1.29, 1.82) is 0 Å². The van der Waals surface area contributed by atoms with Gasteiger partial charge in [0.1, 0.15) is 5.75 Å². The van der Waals surface area contributed by atoms with Gasteiger partial charge in [-0.1, -0.05) is 12.1 Å². The molecule has 2 bridgehead atoms. The van der Waals surface area contributed by atoms with Crippen LogP contribution in [0.2, 0.25) is 0 Å². The lowest BCUT2D eigenvalue weighted by Crippen LogP contribution is -2.74. The van der Waals surface area contributed by atoms with Crippen LogP contribution in [0.25, 0.3) is 5.82 Å². The molecule has 6 heteroatoms. The summed E-state index contributed by atoms with van der Waals surface area (Å²) in [6, 6.07) is 11.8. The van der Waals surface area contributed by atoms with Crippen molar-refractivity contribution >= 4 is 0 Å². The van der Waals surface area contributed by atoms with Gasteiger partial charge < -0.3 is 10.2 Å². The molecular weight excluding hydrogens is 412 g/mol. The summed E-state index contributed by atoms with van der Waals surface area (Å²) in [6.07, 6.45) is 7.46. The molecule has 1 aromatic carbocycles. The highest BCUT2D eigenvalue weighted by Crippen LogP contribution is 2.58. The second-order valence-corrected chi connectivity index (χ2v) is 10.7. The number of fused-ring (bicyclic) bond motifs is 2. The Kier molecular flexibility index (Phi) is 3.99. The number of hydrogen-bond acceptors (Lipinski definition) is 5. The number of rotatable bonds is 3.